The fourth-order valence-electron chi connectivity index (χ4n) is 2.26. The zero-order valence-corrected chi connectivity index (χ0v) is 12.0. The maximum Gasteiger partial charge on any atom is 0.231 e. The summed E-state index contributed by atoms with van der Waals surface area (Å²) in [6.07, 6.45) is 0. The Bertz CT molecular complexity index is 598. The first kappa shape index (κ1) is 13.3. The first-order chi connectivity index (χ1) is 9.74. The third kappa shape index (κ3) is 2.74. The summed E-state index contributed by atoms with van der Waals surface area (Å²) in [4.78, 5) is 0. The summed E-state index contributed by atoms with van der Waals surface area (Å²) >= 11 is 5.90. The molecular formula is C16H16ClNO2. The lowest BCUT2D eigenvalue weighted by atomic mass is 10.1. The minimum atomic E-state index is 0.241. The number of halogens is 1. The van der Waals surface area contributed by atoms with Crippen LogP contribution in [0.1, 0.15) is 24.1 Å². The summed E-state index contributed by atoms with van der Waals surface area (Å²) in [6, 6.07) is 14.1. The molecule has 3 rings (SSSR count). The topological polar surface area (TPSA) is 30.5 Å². The molecule has 20 heavy (non-hydrogen) atoms. The second kappa shape index (κ2) is 5.73. The summed E-state index contributed by atoms with van der Waals surface area (Å²) in [5.74, 6) is 1.67. The highest BCUT2D eigenvalue weighted by Crippen LogP contribution is 2.35. The third-order valence-corrected chi connectivity index (χ3v) is 3.70. The van der Waals surface area contributed by atoms with Crippen molar-refractivity contribution in [3.8, 4) is 11.5 Å². The van der Waals surface area contributed by atoms with Gasteiger partial charge in [0.2, 0.25) is 6.79 Å². The molecule has 1 heterocycles. The molecule has 0 fully saturated rings. The molecule has 2 aromatic rings. The van der Waals surface area contributed by atoms with Gasteiger partial charge >= 0.3 is 0 Å². The molecule has 104 valence electrons. The van der Waals surface area contributed by atoms with Gasteiger partial charge in [-0.05, 0) is 30.7 Å². The van der Waals surface area contributed by atoms with Crippen molar-refractivity contribution in [1.82, 2.24) is 5.32 Å². The van der Waals surface area contributed by atoms with Crippen LogP contribution >= 0.6 is 11.6 Å². The first-order valence-corrected chi connectivity index (χ1v) is 6.98. The molecule has 0 saturated carbocycles. The van der Waals surface area contributed by atoms with Crippen molar-refractivity contribution < 1.29 is 9.47 Å². The van der Waals surface area contributed by atoms with Crippen LogP contribution in [-0.2, 0) is 6.54 Å². The highest BCUT2D eigenvalue weighted by atomic mass is 35.5. The molecule has 0 saturated heterocycles. The monoisotopic (exact) mass is 289 g/mol. The van der Waals surface area contributed by atoms with Crippen molar-refractivity contribution in [2.45, 2.75) is 19.5 Å². The lowest BCUT2D eigenvalue weighted by molar-refractivity contribution is 0.173. The number of ether oxygens (including phenoxy) is 2. The number of benzene rings is 2. The van der Waals surface area contributed by atoms with Crippen LogP contribution in [0.4, 0.5) is 0 Å². The van der Waals surface area contributed by atoms with E-state index >= 15 is 0 Å². The first-order valence-electron chi connectivity index (χ1n) is 6.60. The Kier molecular flexibility index (Phi) is 3.81. The van der Waals surface area contributed by atoms with Crippen molar-refractivity contribution in [2.24, 2.45) is 0 Å². The molecule has 0 aliphatic carbocycles. The fraction of sp³-hybridized carbons (Fsp3) is 0.250. The molecule has 0 radical (unpaired) electrons. The van der Waals surface area contributed by atoms with E-state index in [0.29, 0.717) is 6.79 Å². The van der Waals surface area contributed by atoms with E-state index in [0.717, 1.165) is 28.6 Å². The summed E-state index contributed by atoms with van der Waals surface area (Å²) in [7, 11) is 0. The highest BCUT2D eigenvalue weighted by Gasteiger charge is 2.17. The van der Waals surface area contributed by atoms with Crippen molar-refractivity contribution in [3.05, 3.63) is 58.6 Å². The SMILES string of the molecule is CC(NCc1cccc2c1OCO2)c1ccc(Cl)cc1. The normalized spacial score (nSPS) is 14.3. The average molecular weight is 290 g/mol. The molecular weight excluding hydrogens is 274 g/mol. The molecule has 1 unspecified atom stereocenters. The van der Waals surface area contributed by atoms with E-state index < -0.39 is 0 Å². The van der Waals surface area contributed by atoms with Crippen LogP contribution < -0.4 is 14.8 Å². The van der Waals surface area contributed by atoms with Crippen LogP contribution in [0.2, 0.25) is 5.02 Å². The molecule has 1 N–H and O–H groups in total. The Hall–Kier alpha value is -1.71. The van der Waals surface area contributed by atoms with Gasteiger partial charge in [-0.2, -0.15) is 0 Å². The lowest BCUT2D eigenvalue weighted by Crippen LogP contribution is -2.18. The summed E-state index contributed by atoms with van der Waals surface area (Å²) in [5, 5.41) is 4.24. The average Bonchev–Trinajstić information content (AvgIpc) is 2.94. The molecule has 1 aliphatic rings. The van der Waals surface area contributed by atoms with Crippen molar-refractivity contribution in [1.29, 1.82) is 0 Å². The summed E-state index contributed by atoms with van der Waals surface area (Å²) in [6.45, 7) is 3.17. The van der Waals surface area contributed by atoms with Gasteiger partial charge < -0.3 is 14.8 Å². The molecule has 4 heteroatoms. The minimum absolute atomic E-state index is 0.241. The quantitative estimate of drug-likeness (QED) is 0.925. The van der Waals surface area contributed by atoms with Crippen molar-refractivity contribution in [3.63, 3.8) is 0 Å². The number of nitrogens with one attached hydrogen (secondary N) is 1. The molecule has 3 nitrogen and oxygen atoms in total. The van der Waals surface area contributed by atoms with E-state index in [1.165, 1.54) is 5.56 Å². The van der Waals surface area contributed by atoms with Crippen LogP contribution in [-0.4, -0.2) is 6.79 Å². The Balaban J connectivity index is 1.68. The number of hydrogen-bond donors (Lipinski definition) is 1. The van der Waals surface area contributed by atoms with Gasteiger partial charge in [0.15, 0.2) is 11.5 Å². The van der Waals surface area contributed by atoms with E-state index in [9.17, 15) is 0 Å². The Morgan fingerprint density at radius 2 is 1.95 bits per heavy atom. The van der Waals surface area contributed by atoms with Gasteiger partial charge in [0.05, 0.1) is 0 Å². The maximum absolute atomic E-state index is 5.90. The second-order valence-electron chi connectivity index (χ2n) is 4.81. The predicted octanol–water partition coefficient (Wildman–Crippen LogP) is 3.92. The smallest absolute Gasteiger partial charge is 0.231 e. The lowest BCUT2D eigenvalue weighted by Gasteiger charge is -2.15. The van der Waals surface area contributed by atoms with Crippen molar-refractivity contribution in [2.75, 3.05) is 6.79 Å². The molecule has 0 amide bonds. The number of hydrogen-bond acceptors (Lipinski definition) is 3. The zero-order chi connectivity index (χ0) is 13.9. The molecule has 0 aromatic heterocycles. The van der Waals surface area contributed by atoms with Crippen LogP contribution in [0, 0.1) is 0 Å². The van der Waals surface area contributed by atoms with E-state index in [1.54, 1.807) is 0 Å². The van der Waals surface area contributed by atoms with Gasteiger partial charge in [-0.3, -0.25) is 0 Å². The molecule has 2 aromatic carbocycles. The zero-order valence-electron chi connectivity index (χ0n) is 11.2. The van der Waals surface area contributed by atoms with Gasteiger partial charge in [0, 0.05) is 23.2 Å². The van der Waals surface area contributed by atoms with Gasteiger partial charge in [0.1, 0.15) is 0 Å². The molecule has 0 bridgehead atoms. The summed E-state index contributed by atoms with van der Waals surface area (Å²) < 4.78 is 10.9. The molecule has 1 aliphatic heterocycles. The highest BCUT2D eigenvalue weighted by molar-refractivity contribution is 6.30. The second-order valence-corrected chi connectivity index (χ2v) is 5.24. The standard InChI is InChI=1S/C16H16ClNO2/c1-11(12-5-7-14(17)8-6-12)18-9-13-3-2-4-15-16(13)20-10-19-15/h2-8,11,18H,9-10H2,1H3. The van der Waals surface area contributed by atoms with Crippen LogP contribution in [0.25, 0.3) is 0 Å². The van der Waals surface area contributed by atoms with Crippen LogP contribution in [0.5, 0.6) is 11.5 Å². The van der Waals surface area contributed by atoms with Crippen molar-refractivity contribution >= 4 is 11.6 Å². The Morgan fingerprint density at radius 3 is 2.75 bits per heavy atom. The number of rotatable bonds is 4. The third-order valence-electron chi connectivity index (χ3n) is 3.45. The summed E-state index contributed by atoms with van der Waals surface area (Å²) in [5.41, 5.74) is 2.32. The van der Waals surface area contributed by atoms with E-state index in [4.69, 9.17) is 21.1 Å². The minimum Gasteiger partial charge on any atom is -0.454 e. The Morgan fingerprint density at radius 1 is 1.15 bits per heavy atom. The maximum atomic E-state index is 5.90. The number of para-hydroxylation sites is 1. The Labute approximate surface area is 123 Å². The van der Waals surface area contributed by atoms with E-state index in [1.807, 2.05) is 36.4 Å². The van der Waals surface area contributed by atoms with Crippen LogP contribution in [0.3, 0.4) is 0 Å². The van der Waals surface area contributed by atoms with Crippen LogP contribution in [0.15, 0.2) is 42.5 Å². The molecule has 1 atom stereocenters. The largest absolute Gasteiger partial charge is 0.454 e. The van der Waals surface area contributed by atoms with Gasteiger partial charge in [-0.15, -0.1) is 0 Å². The van der Waals surface area contributed by atoms with E-state index in [2.05, 4.69) is 18.3 Å². The molecule has 0 spiro atoms. The van der Waals surface area contributed by atoms with Gasteiger partial charge in [-0.25, -0.2) is 0 Å². The van der Waals surface area contributed by atoms with Gasteiger partial charge in [0.25, 0.3) is 0 Å². The predicted molar refractivity (Wildman–Crippen MR) is 79.3 cm³/mol. The van der Waals surface area contributed by atoms with Gasteiger partial charge in [-0.1, -0.05) is 35.9 Å². The number of fused-ring (bicyclic) bond motifs is 1. The van der Waals surface area contributed by atoms with E-state index in [-0.39, 0.29) is 6.04 Å². The fourth-order valence-corrected chi connectivity index (χ4v) is 2.39.